The molecule has 2 aliphatic rings. The van der Waals surface area contributed by atoms with Gasteiger partial charge in [0.25, 0.3) is 0 Å². The van der Waals surface area contributed by atoms with E-state index in [1.807, 2.05) is 12.4 Å². The summed E-state index contributed by atoms with van der Waals surface area (Å²) in [7, 11) is 0. The third kappa shape index (κ3) is 2.83. The van der Waals surface area contributed by atoms with E-state index in [0.717, 1.165) is 38.4 Å². The molecule has 1 saturated heterocycles. The first kappa shape index (κ1) is 13.7. The molecule has 116 valence electrons. The molecule has 22 heavy (non-hydrogen) atoms. The van der Waals surface area contributed by atoms with Gasteiger partial charge in [-0.2, -0.15) is 10.2 Å². The minimum atomic E-state index is 0.699. The van der Waals surface area contributed by atoms with Crippen LogP contribution in [-0.2, 0) is 19.4 Å². The number of aromatic amines is 1. The average Bonchev–Trinajstić information content (AvgIpc) is 3.02. The number of aryl methyl sites for hydroxylation is 2. The van der Waals surface area contributed by atoms with Gasteiger partial charge in [-0.1, -0.05) is 0 Å². The van der Waals surface area contributed by atoms with Gasteiger partial charge in [-0.05, 0) is 37.3 Å². The number of hydrogen-bond donors (Lipinski definition) is 2. The summed E-state index contributed by atoms with van der Waals surface area (Å²) >= 11 is 0. The summed E-state index contributed by atoms with van der Waals surface area (Å²) in [6.45, 7) is 4.07. The number of hydrogen-bond acceptors (Lipinski definition) is 5. The smallest absolute Gasteiger partial charge is 0.151 e. The van der Waals surface area contributed by atoms with Gasteiger partial charge in [-0.15, -0.1) is 5.10 Å². The number of H-pyrrole nitrogens is 1. The third-order valence-corrected chi connectivity index (χ3v) is 4.66. The van der Waals surface area contributed by atoms with Gasteiger partial charge in [0.2, 0.25) is 0 Å². The topological polar surface area (TPSA) is 69.7 Å². The Hall–Kier alpha value is -1.95. The molecule has 1 aliphatic carbocycles. The second kappa shape index (κ2) is 6.04. The van der Waals surface area contributed by atoms with Crippen LogP contribution in [0.15, 0.2) is 18.5 Å². The lowest BCUT2D eigenvalue weighted by Crippen LogP contribution is -2.51. The van der Waals surface area contributed by atoms with Crippen molar-refractivity contribution in [3.8, 4) is 0 Å². The second-order valence-corrected chi connectivity index (χ2v) is 6.39. The first-order valence-corrected chi connectivity index (χ1v) is 8.17. The molecular formula is C16H22N6. The van der Waals surface area contributed by atoms with Crippen molar-refractivity contribution in [1.29, 1.82) is 0 Å². The summed E-state index contributed by atoms with van der Waals surface area (Å²) < 4.78 is 0. The summed E-state index contributed by atoms with van der Waals surface area (Å²) in [6.07, 6.45) is 8.62. The van der Waals surface area contributed by atoms with Gasteiger partial charge in [-0.25, -0.2) is 0 Å². The molecule has 2 aromatic rings. The lowest BCUT2D eigenvalue weighted by molar-refractivity contribution is 0.381. The van der Waals surface area contributed by atoms with Crippen molar-refractivity contribution in [2.45, 2.75) is 32.2 Å². The van der Waals surface area contributed by atoms with Gasteiger partial charge < -0.3 is 10.2 Å². The van der Waals surface area contributed by atoms with Crippen molar-refractivity contribution in [2.75, 3.05) is 24.5 Å². The van der Waals surface area contributed by atoms with Crippen LogP contribution in [0.2, 0.25) is 0 Å². The lowest BCUT2D eigenvalue weighted by Gasteiger charge is -2.40. The van der Waals surface area contributed by atoms with Gasteiger partial charge in [0.1, 0.15) is 0 Å². The molecule has 0 radical (unpaired) electrons. The summed E-state index contributed by atoms with van der Waals surface area (Å²) in [6, 6.07) is 2.26. The standard InChI is InChI=1S/C16H22N6/c1-2-4-15-14(3-1)5-16(21-20-15)22-10-13(11-22)7-17-6-12-8-18-19-9-12/h5,8-9,13,17H,1-4,6-7,10-11H2,(H,18,19). The quantitative estimate of drug-likeness (QED) is 0.871. The van der Waals surface area contributed by atoms with Crippen LogP contribution < -0.4 is 10.2 Å². The zero-order valence-electron chi connectivity index (χ0n) is 12.8. The second-order valence-electron chi connectivity index (χ2n) is 6.39. The molecule has 1 aliphatic heterocycles. The first-order chi connectivity index (χ1) is 10.9. The molecule has 0 unspecified atom stereocenters. The minimum Gasteiger partial charge on any atom is -0.354 e. The van der Waals surface area contributed by atoms with Crippen LogP contribution in [0.4, 0.5) is 5.82 Å². The normalized spacial score (nSPS) is 18.1. The van der Waals surface area contributed by atoms with E-state index >= 15 is 0 Å². The highest BCUT2D eigenvalue weighted by atomic mass is 15.3. The predicted molar refractivity (Wildman–Crippen MR) is 84.7 cm³/mol. The zero-order valence-corrected chi connectivity index (χ0v) is 12.8. The number of nitrogens with zero attached hydrogens (tertiary/aromatic N) is 4. The molecule has 2 N–H and O–H groups in total. The molecule has 0 atom stereocenters. The van der Waals surface area contributed by atoms with E-state index < -0.39 is 0 Å². The van der Waals surface area contributed by atoms with Gasteiger partial charge in [-0.3, -0.25) is 5.10 Å². The highest BCUT2D eigenvalue weighted by Gasteiger charge is 2.28. The Morgan fingerprint density at radius 3 is 3.00 bits per heavy atom. The number of rotatable bonds is 5. The van der Waals surface area contributed by atoms with Crippen LogP contribution in [0.1, 0.15) is 29.7 Å². The summed E-state index contributed by atoms with van der Waals surface area (Å²) in [5.41, 5.74) is 3.84. The highest BCUT2D eigenvalue weighted by Crippen LogP contribution is 2.26. The molecule has 0 bridgehead atoms. The number of aromatic nitrogens is 4. The van der Waals surface area contributed by atoms with E-state index in [2.05, 4.69) is 36.7 Å². The van der Waals surface area contributed by atoms with E-state index in [-0.39, 0.29) is 0 Å². The van der Waals surface area contributed by atoms with Crippen molar-refractivity contribution in [2.24, 2.45) is 5.92 Å². The fraction of sp³-hybridized carbons (Fsp3) is 0.562. The van der Waals surface area contributed by atoms with E-state index in [1.54, 1.807) is 0 Å². The summed E-state index contributed by atoms with van der Waals surface area (Å²) in [5.74, 6) is 1.76. The monoisotopic (exact) mass is 298 g/mol. The number of anilines is 1. The van der Waals surface area contributed by atoms with Crippen molar-refractivity contribution in [3.05, 3.63) is 35.3 Å². The van der Waals surface area contributed by atoms with E-state index in [4.69, 9.17) is 0 Å². The molecule has 1 fully saturated rings. The Morgan fingerprint density at radius 1 is 1.23 bits per heavy atom. The fourth-order valence-electron chi connectivity index (χ4n) is 3.31. The van der Waals surface area contributed by atoms with Crippen LogP contribution in [0.3, 0.4) is 0 Å². The maximum absolute atomic E-state index is 4.43. The molecule has 4 rings (SSSR count). The third-order valence-electron chi connectivity index (χ3n) is 4.66. The van der Waals surface area contributed by atoms with Crippen molar-refractivity contribution in [1.82, 2.24) is 25.7 Å². The Labute approximate surface area is 130 Å². The summed E-state index contributed by atoms with van der Waals surface area (Å²) in [4.78, 5) is 2.34. The zero-order chi connectivity index (χ0) is 14.8. The Bertz CT molecular complexity index is 618. The van der Waals surface area contributed by atoms with E-state index in [9.17, 15) is 0 Å². The molecular weight excluding hydrogens is 276 g/mol. The van der Waals surface area contributed by atoms with Gasteiger partial charge in [0.05, 0.1) is 11.9 Å². The Morgan fingerprint density at radius 2 is 2.14 bits per heavy atom. The molecule has 0 spiro atoms. The minimum absolute atomic E-state index is 0.699. The van der Waals surface area contributed by atoms with Gasteiger partial charge >= 0.3 is 0 Å². The van der Waals surface area contributed by atoms with Crippen LogP contribution in [-0.4, -0.2) is 40.0 Å². The molecule has 2 aromatic heterocycles. The molecule has 0 saturated carbocycles. The van der Waals surface area contributed by atoms with Crippen LogP contribution in [0.25, 0.3) is 0 Å². The maximum atomic E-state index is 4.43. The number of fused-ring (bicyclic) bond motifs is 1. The van der Waals surface area contributed by atoms with Crippen molar-refractivity contribution >= 4 is 5.82 Å². The molecule has 6 nitrogen and oxygen atoms in total. The predicted octanol–water partition coefficient (Wildman–Crippen LogP) is 1.30. The van der Waals surface area contributed by atoms with E-state index in [1.165, 1.54) is 36.1 Å². The highest BCUT2D eigenvalue weighted by molar-refractivity contribution is 5.44. The van der Waals surface area contributed by atoms with E-state index in [0.29, 0.717) is 5.92 Å². The maximum Gasteiger partial charge on any atom is 0.151 e. The molecule has 3 heterocycles. The van der Waals surface area contributed by atoms with Crippen LogP contribution in [0, 0.1) is 5.92 Å². The fourth-order valence-corrected chi connectivity index (χ4v) is 3.31. The largest absolute Gasteiger partial charge is 0.354 e. The van der Waals surface area contributed by atoms with Gasteiger partial charge in [0.15, 0.2) is 5.82 Å². The molecule has 0 aromatic carbocycles. The molecule has 0 amide bonds. The first-order valence-electron chi connectivity index (χ1n) is 8.17. The molecule has 6 heteroatoms. The van der Waals surface area contributed by atoms with Crippen molar-refractivity contribution < 1.29 is 0 Å². The number of nitrogens with one attached hydrogen (secondary N) is 2. The van der Waals surface area contributed by atoms with Crippen LogP contribution in [0.5, 0.6) is 0 Å². The van der Waals surface area contributed by atoms with Gasteiger partial charge in [0, 0.05) is 43.9 Å². The van der Waals surface area contributed by atoms with Crippen LogP contribution >= 0.6 is 0 Å². The SMILES string of the molecule is c1n[nH]cc1CNCC1CN(c2cc3c(nn2)CCCC3)C1. The Balaban J connectivity index is 1.26. The lowest BCUT2D eigenvalue weighted by atomic mass is 9.95. The Kier molecular flexibility index (Phi) is 3.76. The van der Waals surface area contributed by atoms with Crippen molar-refractivity contribution in [3.63, 3.8) is 0 Å². The average molecular weight is 298 g/mol. The summed E-state index contributed by atoms with van der Waals surface area (Å²) in [5, 5.41) is 19.1.